The van der Waals surface area contributed by atoms with E-state index in [-0.39, 0.29) is 5.91 Å². The lowest BCUT2D eigenvalue weighted by atomic mass is 10.1. The van der Waals surface area contributed by atoms with Crippen LogP contribution in [0.15, 0.2) is 60.0 Å². The molecule has 2 aromatic carbocycles. The normalized spacial score (nSPS) is 10.6. The summed E-state index contributed by atoms with van der Waals surface area (Å²) < 4.78 is 0. The van der Waals surface area contributed by atoms with Crippen LogP contribution in [0.4, 0.5) is 5.13 Å². The highest BCUT2D eigenvalue weighted by atomic mass is 32.2. The van der Waals surface area contributed by atoms with Crippen molar-refractivity contribution in [3.63, 3.8) is 0 Å². The van der Waals surface area contributed by atoms with Crippen molar-refractivity contribution >= 4 is 34.1 Å². The monoisotopic (exact) mass is 368 g/mol. The molecule has 0 aliphatic heterocycles. The highest BCUT2D eigenvalue weighted by molar-refractivity contribution is 7.99. The zero-order valence-corrected chi connectivity index (χ0v) is 15.7. The zero-order valence-electron chi connectivity index (χ0n) is 14.1. The summed E-state index contributed by atoms with van der Waals surface area (Å²) in [5.41, 5.74) is 4.52. The van der Waals surface area contributed by atoms with Gasteiger partial charge < -0.3 is 5.32 Å². The van der Waals surface area contributed by atoms with E-state index in [1.54, 1.807) is 11.8 Å². The minimum atomic E-state index is -0.0110. The fraction of sp³-hybridized carbons (Fsp3) is 0.200. The molecule has 3 aromatic rings. The van der Waals surface area contributed by atoms with Crippen molar-refractivity contribution in [1.82, 2.24) is 4.98 Å². The van der Waals surface area contributed by atoms with Gasteiger partial charge in [-0.2, -0.15) is 0 Å². The van der Waals surface area contributed by atoms with Gasteiger partial charge in [0, 0.05) is 16.7 Å². The second kappa shape index (κ2) is 8.83. The van der Waals surface area contributed by atoms with Gasteiger partial charge in [0.15, 0.2) is 5.13 Å². The van der Waals surface area contributed by atoms with Crippen molar-refractivity contribution in [1.29, 1.82) is 0 Å². The Morgan fingerprint density at radius 1 is 1.08 bits per heavy atom. The van der Waals surface area contributed by atoms with E-state index in [9.17, 15) is 4.79 Å². The topological polar surface area (TPSA) is 42.0 Å². The minimum absolute atomic E-state index is 0.0110. The number of carbonyl (C=O) groups is 1. The molecule has 0 unspecified atom stereocenters. The van der Waals surface area contributed by atoms with Crippen LogP contribution in [-0.4, -0.2) is 16.6 Å². The number of thioether (sulfide) groups is 1. The molecule has 1 heterocycles. The number of nitrogens with one attached hydrogen (secondary N) is 1. The Labute approximate surface area is 156 Å². The summed E-state index contributed by atoms with van der Waals surface area (Å²) >= 11 is 3.07. The van der Waals surface area contributed by atoms with Crippen LogP contribution in [0.5, 0.6) is 0 Å². The quantitative estimate of drug-likeness (QED) is 0.620. The molecule has 1 aromatic heterocycles. The number of aromatic nitrogens is 1. The lowest BCUT2D eigenvalue weighted by Crippen LogP contribution is -2.13. The number of hydrogen-bond acceptors (Lipinski definition) is 4. The van der Waals surface area contributed by atoms with Gasteiger partial charge in [0.05, 0.1) is 11.4 Å². The van der Waals surface area contributed by atoms with Crippen molar-refractivity contribution in [2.75, 3.05) is 11.1 Å². The molecule has 25 heavy (non-hydrogen) atoms. The summed E-state index contributed by atoms with van der Waals surface area (Å²) in [7, 11) is 0. The number of hydrogen-bond donors (Lipinski definition) is 1. The molecule has 128 valence electrons. The average Bonchev–Trinajstić information content (AvgIpc) is 3.11. The molecule has 5 heteroatoms. The van der Waals surface area contributed by atoms with E-state index in [1.165, 1.54) is 22.5 Å². The molecule has 0 saturated carbocycles. The molecular weight excluding hydrogens is 348 g/mol. The maximum Gasteiger partial charge on any atom is 0.236 e. The van der Waals surface area contributed by atoms with E-state index in [2.05, 4.69) is 53.6 Å². The first kappa shape index (κ1) is 17.7. The van der Waals surface area contributed by atoms with Gasteiger partial charge >= 0.3 is 0 Å². The SMILES string of the molecule is CCc1ccc(-c2csc(NC(=O)CSCc3ccccc3)n2)cc1. The first-order valence-electron chi connectivity index (χ1n) is 8.21. The Hall–Kier alpha value is -2.11. The summed E-state index contributed by atoms with van der Waals surface area (Å²) in [6.07, 6.45) is 1.03. The Bertz CT molecular complexity index is 813. The molecule has 0 radical (unpaired) electrons. The van der Waals surface area contributed by atoms with Gasteiger partial charge in [-0.3, -0.25) is 4.79 Å². The number of aryl methyl sites for hydroxylation is 1. The fourth-order valence-electron chi connectivity index (χ4n) is 2.37. The summed E-state index contributed by atoms with van der Waals surface area (Å²) in [4.78, 5) is 16.6. The number of thiazole rings is 1. The molecule has 1 amide bonds. The van der Waals surface area contributed by atoms with Crippen LogP contribution in [0.3, 0.4) is 0 Å². The highest BCUT2D eigenvalue weighted by Gasteiger charge is 2.08. The Balaban J connectivity index is 1.51. The molecule has 0 aliphatic carbocycles. The third-order valence-electron chi connectivity index (χ3n) is 3.75. The maximum atomic E-state index is 12.1. The van der Waals surface area contributed by atoms with E-state index in [0.29, 0.717) is 10.9 Å². The molecule has 0 aliphatic rings. The second-order valence-corrected chi connectivity index (χ2v) is 7.46. The van der Waals surface area contributed by atoms with E-state index < -0.39 is 0 Å². The van der Waals surface area contributed by atoms with Crippen molar-refractivity contribution in [3.8, 4) is 11.3 Å². The van der Waals surface area contributed by atoms with Gasteiger partial charge in [0.1, 0.15) is 0 Å². The van der Waals surface area contributed by atoms with E-state index in [1.807, 2.05) is 23.6 Å². The van der Waals surface area contributed by atoms with Crippen LogP contribution in [-0.2, 0) is 17.0 Å². The maximum absolute atomic E-state index is 12.1. The van der Waals surface area contributed by atoms with Gasteiger partial charge in [-0.1, -0.05) is 61.5 Å². The molecule has 0 saturated heterocycles. The van der Waals surface area contributed by atoms with E-state index in [0.717, 1.165) is 23.4 Å². The van der Waals surface area contributed by atoms with Gasteiger partial charge in [0.25, 0.3) is 0 Å². The summed E-state index contributed by atoms with van der Waals surface area (Å²) in [5.74, 6) is 1.25. The van der Waals surface area contributed by atoms with Crippen molar-refractivity contribution in [2.45, 2.75) is 19.1 Å². The van der Waals surface area contributed by atoms with Crippen LogP contribution in [0, 0.1) is 0 Å². The lowest BCUT2D eigenvalue weighted by Gasteiger charge is -2.02. The van der Waals surface area contributed by atoms with Gasteiger partial charge in [0.2, 0.25) is 5.91 Å². The van der Waals surface area contributed by atoms with Crippen LogP contribution in [0.2, 0.25) is 0 Å². The standard InChI is InChI=1S/C20H20N2OS2/c1-2-15-8-10-17(11-9-15)18-13-25-20(21-18)22-19(23)14-24-12-16-6-4-3-5-7-16/h3-11,13H,2,12,14H2,1H3,(H,21,22,23). The summed E-state index contributed by atoms with van der Waals surface area (Å²) in [6, 6.07) is 18.6. The molecule has 3 nitrogen and oxygen atoms in total. The number of nitrogens with zero attached hydrogens (tertiary/aromatic N) is 1. The van der Waals surface area contributed by atoms with Crippen LogP contribution >= 0.6 is 23.1 Å². The van der Waals surface area contributed by atoms with Crippen molar-refractivity contribution < 1.29 is 4.79 Å². The number of rotatable bonds is 7. The van der Waals surface area contributed by atoms with Gasteiger partial charge in [-0.05, 0) is 17.5 Å². The van der Waals surface area contributed by atoms with Crippen LogP contribution in [0.25, 0.3) is 11.3 Å². The number of amides is 1. The summed E-state index contributed by atoms with van der Waals surface area (Å²) in [5, 5.41) is 5.52. The zero-order chi connectivity index (χ0) is 17.5. The van der Waals surface area contributed by atoms with E-state index >= 15 is 0 Å². The number of anilines is 1. The third kappa shape index (κ3) is 5.18. The predicted molar refractivity (Wildman–Crippen MR) is 108 cm³/mol. The smallest absolute Gasteiger partial charge is 0.236 e. The molecule has 0 atom stereocenters. The van der Waals surface area contributed by atoms with Crippen molar-refractivity contribution in [3.05, 3.63) is 71.1 Å². The molecule has 1 N–H and O–H groups in total. The summed E-state index contributed by atoms with van der Waals surface area (Å²) in [6.45, 7) is 2.14. The molecule has 0 spiro atoms. The lowest BCUT2D eigenvalue weighted by molar-refractivity contribution is -0.113. The third-order valence-corrected chi connectivity index (χ3v) is 5.51. The first-order chi connectivity index (χ1) is 12.2. The van der Waals surface area contributed by atoms with Crippen molar-refractivity contribution in [2.24, 2.45) is 0 Å². The van der Waals surface area contributed by atoms with Gasteiger partial charge in [-0.15, -0.1) is 23.1 Å². The largest absolute Gasteiger partial charge is 0.301 e. The highest BCUT2D eigenvalue weighted by Crippen LogP contribution is 2.25. The molecule has 3 rings (SSSR count). The predicted octanol–water partition coefficient (Wildman–Crippen LogP) is 5.24. The molecule has 0 fully saturated rings. The Morgan fingerprint density at radius 3 is 2.56 bits per heavy atom. The van der Waals surface area contributed by atoms with E-state index in [4.69, 9.17) is 0 Å². The van der Waals surface area contributed by atoms with Crippen LogP contribution < -0.4 is 5.32 Å². The average molecular weight is 369 g/mol. The number of carbonyl (C=O) groups excluding carboxylic acids is 1. The Morgan fingerprint density at radius 2 is 1.84 bits per heavy atom. The fourth-order valence-corrected chi connectivity index (χ4v) is 3.89. The minimum Gasteiger partial charge on any atom is -0.301 e. The second-order valence-electron chi connectivity index (χ2n) is 5.61. The van der Waals surface area contributed by atoms with Gasteiger partial charge in [-0.25, -0.2) is 4.98 Å². The molecule has 0 bridgehead atoms. The van der Waals surface area contributed by atoms with Crippen LogP contribution in [0.1, 0.15) is 18.1 Å². The first-order valence-corrected chi connectivity index (χ1v) is 10.2. The Kier molecular flexibility index (Phi) is 6.25. The number of benzene rings is 2. The molecular formula is C20H20N2OS2.